The van der Waals surface area contributed by atoms with E-state index in [9.17, 15) is 14.7 Å². The van der Waals surface area contributed by atoms with E-state index >= 15 is 0 Å². The van der Waals surface area contributed by atoms with Gasteiger partial charge in [-0.3, -0.25) is 4.79 Å². The molecule has 2 aromatic rings. The fourth-order valence-electron chi connectivity index (χ4n) is 1.90. The zero-order valence-corrected chi connectivity index (χ0v) is 14.2. The summed E-state index contributed by atoms with van der Waals surface area (Å²) in [4.78, 5) is 25.2. The van der Waals surface area contributed by atoms with Crippen molar-refractivity contribution in [2.24, 2.45) is 0 Å². The van der Waals surface area contributed by atoms with Gasteiger partial charge in [-0.2, -0.15) is 0 Å². The first-order valence-electron chi connectivity index (χ1n) is 5.97. The molecule has 108 valence electrons. The Morgan fingerprint density at radius 1 is 1.05 bits per heavy atom. The maximum Gasteiger partial charge on any atom is 0.337 e. The summed E-state index contributed by atoms with van der Waals surface area (Å²) in [5.74, 6) is -1.37. The van der Waals surface area contributed by atoms with Crippen molar-refractivity contribution in [2.75, 3.05) is 11.9 Å². The van der Waals surface area contributed by atoms with Gasteiger partial charge in [-0.25, -0.2) is 4.79 Å². The molecule has 2 rings (SSSR count). The lowest BCUT2D eigenvalue weighted by Gasteiger charge is -2.20. The van der Waals surface area contributed by atoms with Crippen LogP contribution >= 0.6 is 31.9 Å². The molecule has 0 bridgehead atoms. The van der Waals surface area contributed by atoms with Crippen LogP contribution in [-0.2, 0) is 0 Å². The van der Waals surface area contributed by atoms with Gasteiger partial charge in [0, 0.05) is 16.0 Å². The molecule has 1 N–H and O–H groups in total. The van der Waals surface area contributed by atoms with E-state index in [4.69, 9.17) is 0 Å². The molecule has 0 aromatic heterocycles. The van der Waals surface area contributed by atoms with Crippen LogP contribution in [0.4, 0.5) is 5.69 Å². The fraction of sp³-hybridized carbons (Fsp3) is 0.0667. The molecule has 0 aliphatic heterocycles. The first-order valence-corrected chi connectivity index (χ1v) is 7.56. The van der Waals surface area contributed by atoms with Crippen LogP contribution in [0.1, 0.15) is 20.7 Å². The molecule has 0 heterocycles. The van der Waals surface area contributed by atoms with Gasteiger partial charge in [-0.1, -0.05) is 28.1 Å². The number of anilines is 1. The number of rotatable bonds is 3. The van der Waals surface area contributed by atoms with Gasteiger partial charge >= 0.3 is 5.97 Å². The Morgan fingerprint density at radius 2 is 1.71 bits per heavy atom. The molecule has 1 amide bonds. The molecule has 0 radical (unpaired) electrons. The van der Waals surface area contributed by atoms with Crippen LogP contribution in [-0.4, -0.2) is 24.0 Å². The molecule has 4 nitrogen and oxygen atoms in total. The van der Waals surface area contributed by atoms with E-state index < -0.39 is 5.97 Å². The van der Waals surface area contributed by atoms with Crippen molar-refractivity contribution < 1.29 is 14.7 Å². The number of hydrogen-bond acceptors (Lipinski definition) is 2. The predicted octanol–water partition coefficient (Wildman–Crippen LogP) is 4.19. The standard InChI is InChI=1S/C15H11Br2NO3/c1-18(13-5-3-2-4-10(13)15(20)21)14(19)11-8-9(16)6-7-12(11)17/h2-8H,1H3,(H,20,21). The fourth-order valence-corrected chi connectivity index (χ4v) is 2.68. The average Bonchev–Trinajstić information content (AvgIpc) is 2.48. The highest BCUT2D eigenvalue weighted by molar-refractivity contribution is 9.11. The first-order chi connectivity index (χ1) is 9.91. The highest BCUT2D eigenvalue weighted by Gasteiger charge is 2.20. The molecule has 6 heteroatoms. The zero-order valence-electron chi connectivity index (χ0n) is 11.0. The Balaban J connectivity index is 2.45. The minimum Gasteiger partial charge on any atom is -0.478 e. The van der Waals surface area contributed by atoms with E-state index in [-0.39, 0.29) is 11.5 Å². The number of para-hydroxylation sites is 1. The number of nitrogens with zero attached hydrogens (tertiary/aromatic N) is 1. The zero-order chi connectivity index (χ0) is 15.6. The van der Waals surface area contributed by atoms with Crippen molar-refractivity contribution in [1.82, 2.24) is 0 Å². The molecular formula is C15H11Br2NO3. The Labute approximate surface area is 138 Å². The lowest BCUT2D eigenvalue weighted by atomic mass is 10.1. The van der Waals surface area contributed by atoms with Crippen molar-refractivity contribution in [2.45, 2.75) is 0 Å². The maximum absolute atomic E-state index is 12.6. The molecule has 0 fully saturated rings. The SMILES string of the molecule is CN(C(=O)c1cc(Br)ccc1Br)c1ccccc1C(=O)O. The smallest absolute Gasteiger partial charge is 0.337 e. The molecule has 0 atom stereocenters. The Bertz CT molecular complexity index is 716. The number of hydrogen-bond donors (Lipinski definition) is 1. The van der Waals surface area contributed by atoms with E-state index in [1.165, 1.54) is 11.0 Å². The number of aromatic carboxylic acids is 1. The number of carbonyl (C=O) groups is 2. The lowest BCUT2D eigenvalue weighted by molar-refractivity contribution is 0.0697. The number of carboxylic acid groups (broad SMARTS) is 1. The summed E-state index contributed by atoms with van der Waals surface area (Å²) in [6.07, 6.45) is 0. The predicted molar refractivity (Wildman–Crippen MR) is 88.0 cm³/mol. The third-order valence-electron chi connectivity index (χ3n) is 2.96. The highest BCUT2D eigenvalue weighted by atomic mass is 79.9. The van der Waals surface area contributed by atoms with Crippen LogP contribution in [0.3, 0.4) is 0 Å². The number of amides is 1. The van der Waals surface area contributed by atoms with Gasteiger partial charge in [0.2, 0.25) is 0 Å². The third-order valence-corrected chi connectivity index (χ3v) is 4.14. The molecule has 0 aliphatic carbocycles. The summed E-state index contributed by atoms with van der Waals surface area (Å²) in [7, 11) is 1.55. The maximum atomic E-state index is 12.6. The molecule has 2 aromatic carbocycles. The normalized spacial score (nSPS) is 10.2. The van der Waals surface area contributed by atoms with Crippen molar-refractivity contribution in [3.05, 3.63) is 62.5 Å². The van der Waals surface area contributed by atoms with Gasteiger partial charge in [0.1, 0.15) is 0 Å². The van der Waals surface area contributed by atoms with E-state index in [1.807, 2.05) is 6.07 Å². The van der Waals surface area contributed by atoms with E-state index in [1.54, 1.807) is 37.4 Å². The van der Waals surface area contributed by atoms with Crippen LogP contribution in [0.2, 0.25) is 0 Å². The molecule has 0 spiro atoms. The van der Waals surface area contributed by atoms with Gasteiger partial charge in [0.15, 0.2) is 0 Å². The lowest BCUT2D eigenvalue weighted by Crippen LogP contribution is -2.28. The van der Waals surface area contributed by atoms with Gasteiger partial charge in [-0.05, 0) is 46.3 Å². The summed E-state index contributed by atoms with van der Waals surface area (Å²) in [6, 6.07) is 11.7. The molecule has 21 heavy (non-hydrogen) atoms. The van der Waals surface area contributed by atoms with Crippen LogP contribution < -0.4 is 4.90 Å². The summed E-state index contributed by atoms with van der Waals surface area (Å²) in [5.41, 5.74) is 0.883. The van der Waals surface area contributed by atoms with Crippen molar-refractivity contribution >= 4 is 49.4 Å². The largest absolute Gasteiger partial charge is 0.478 e. The van der Waals surface area contributed by atoms with Crippen LogP contribution in [0, 0.1) is 0 Å². The molecule has 0 saturated heterocycles. The molecule has 0 saturated carbocycles. The van der Waals surface area contributed by atoms with Crippen molar-refractivity contribution in [3.63, 3.8) is 0 Å². The summed E-state index contributed by atoms with van der Waals surface area (Å²) in [5, 5.41) is 9.21. The summed E-state index contributed by atoms with van der Waals surface area (Å²) >= 11 is 6.66. The Hall–Kier alpha value is -1.66. The number of benzene rings is 2. The second-order valence-electron chi connectivity index (χ2n) is 4.31. The number of carbonyl (C=O) groups excluding carboxylic acids is 1. The van der Waals surface area contributed by atoms with Crippen molar-refractivity contribution in [1.29, 1.82) is 0 Å². The minimum atomic E-state index is -1.07. The second-order valence-corrected chi connectivity index (χ2v) is 6.08. The van der Waals surface area contributed by atoms with Crippen LogP contribution in [0.15, 0.2) is 51.4 Å². The minimum absolute atomic E-state index is 0.0828. The number of halogens is 2. The Kier molecular flexibility index (Phi) is 4.80. The average molecular weight is 413 g/mol. The van der Waals surface area contributed by atoms with E-state index in [0.29, 0.717) is 15.7 Å². The van der Waals surface area contributed by atoms with Crippen LogP contribution in [0.5, 0.6) is 0 Å². The Morgan fingerprint density at radius 3 is 2.38 bits per heavy atom. The van der Waals surface area contributed by atoms with Crippen LogP contribution in [0.25, 0.3) is 0 Å². The topological polar surface area (TPSA) is 57.6 Å². The first kappa shape index (κ1) is 15.7. The van der Waals surface area contributed by atoms with Gasteiger partial charge in [-0.15, -0.1) is 0 Å². The second kappa shape index (κ2) is 6.41. The number of carboxylic acids is 1. The van der Waals surface area contributed by atoms with Gasteiger partial charge in [0.25, 0.3) is 5.91 Å². The summed E-state index contributed by atoms with van der Waals surface area (Å²) in [6.45, 7) is 0. The monoisotopic (exact) mass is 411 g/mol. The summed E-state index contributed by atoms with van der Waals surface area (Å²) < 4.78 is 1.42. The third kappa shape index (κ3) is 3.33. The quantitative estimate of drug-likeness (QED) is 0.822. The molecule has 0 unspecified atom stereocenters. The highest BCUT2D eigenvalue weighted by Crippen LogP contribution is 2.26. The van der Waals surface area contributed by atoms with E-state index in [0.717, 1.165) is 4.47 Å². The molecule has 0 aliphatic rings. The van der Waals surface area contributed by atoms with E-state index in [2.05, 4.69) is 31.9 Å². The van der Waals surface area contributed by atoms with Crippen molar-refractivity contribution in [3.8, 4) is 0 Å². The van der Waals surface area contributed by atoms with Gasteiger partial charge < -0.3 is 10.0 Å². The molecular weight excluding hydrogens is 402 g/mol. The van der Waals surface area contributed by atoms with Gasteiger partial charge in [0.05, 0.1) is 16.8 Å².